The van der Waals surface area contributed by atoms with Crippen LogP contribution < -0.4 is 5.32 Å². The Kier molecular flexibility index (Phi) is 3.93. The van der Waals surface area contributed by atoms with Crippen molar-refractivity contribution in [1.82, 2.24) is 30.3 Å². The normalized spacial score (nSPS) is 16.0. The molecule has 0 amide bonds. The molecule has 0 bridgehead atoms. The molecule has 1 aliphatic heterocycles. The van der Waals surface area contributed by atoms with E-state index in [1.165, 1.54) is 40.6 Å². The summed E-state index contributed by atoms with van der Waals surface area (Å²) in [6.07, 6.45) is 4.35. The lowest BCUT2D eigenvalue weighted by molar-refractivity contribution is 0.460. The number of H-pyrrole nitrogens is 1. The van der Waals surface area contributed by atoms with Crippen LogP contribution in [0.25, 0.3) is 27.8 Å². The van der Waals surface area contributed by atoms with Crippen molar-refractivity contribution in [2.24, 2.45) is 0 Å². The zero-order valence-corrected chi connectivity index (χ0v) is 15.7. The quantitative estimate of drug-likeness (QED) is 0.582. The number of rotatable bonds is 3. The molecule has 1 fully saturated rings. The molecule has 0 aliphatic carbocycles. The Balaban J connectivity index is 1.66. The summed E-state index contributed by atoms with van der Waals surface area (Å²) in [6, 6.07) is 11.1. The predicted molar refractivity (Wildman–Crippen MR) is 107 cm³/mol. The maximum atomic E-state index is 4.09. The van der Waals surface area contributed by atoms with Crippen LogP contribution in [-0.2, 0) is 0 Å². The van der Waals surface area contributed by atoms with E-state index in [1.807, 2.05) is 12.3 Å². The number of tetrazole rings is 1. The molecule has 4 heterocycles. The van der Waals surface area contributed by atoms with E-state index in [2.05, 4.69) is 63.9 Å². The molecule has 0 radical (unpaired) electrons. The molecule has 27 heavy (non-hydrogen) atoms. The number of hydrogen-bond acceptors (Lipinski definition) is 4. The maximum absolute atomic E-state index is 4.09. The molecule has 1 aromatic carbocycles. The molecular formula is C21H24N6. The van der Waals surface area contributed by atoms with Gasteiger partial charge in [0.25, 0.3) is 0 Å². The van der Waals surface area contributed by atoms with E-state index in [0.29, 0.717) is 11.8 Å². The van der Waals surface area contributed by atoms with Gasteiger partial charge in [0.1, 0.15) is 0 Å². The van der Waals surface area contributed by atoms with E-state index in [1.54, 1.807) is 4.52 Å². The first-order valence-corrected chi connectivity index (χ1v) is 9.75. The van der Waals surface area contributed by atoms with E-state index in [-0.39, 0.29) is 0 Å². The van der Waals surface area contributed by atoms with Crippen LogP contribution in [0.3, 0.4) is 0 Å². The van der Waals surface area contributed by atoms with Gasteiger partial charge in [0.05, 0.1) is 5.69 Å². The number of aromatic nitrogens is 5. The monoisotopic (exact) mass is 360 g/mol. The van der Waals surface area contributed by atoms with E-state index in [0.717, 1.165) is 24.3 Å². The summed E-state index contributed by atoms with van der Waals surface area (Å²) in [5.74, 6) is 1.08. The van der Waals surface area contributed by atoms with Crippen LogP contribution in [0.1, 0.15) is 49.7 Å². The molecule has 138 valence electrons. The number of nitrogens with zero attached hydrogens (tertiary/aromatic N) is 4. The predicted octanol–water partition coefficient (Wildman–Crippen LogP) is 3.86. The molecule has 4 aromatic rings. The van der Waals surface area contributed by atoms with Crippen molar-refractivity contribution in [2.75, 3.05) is 13.1 Å². The van der Waals surface area contributed by atoms with E-state index in [9.17, 15) is 0 Å². The van der Waals surface area contributed by atoms with Crippen molar-refractivity contribution in [3.63, 3.8) is 0 Å². The molecule has 6 heteroatoms. The number of nitrogens with one attached hydrogen (secondary N) is 2. The second-order valence-electron chi connectivity index (χ2n) is 7.79. The van der Waals surface area contributed by atoms with Crippen LogP contribution in [0.4, 0.5) is 0 Å². The average Bonchev–Trinajstić information content (AvgIpc) is 3.31. The van der Waals surface area contributed by atoms with Gasteiger partial charge in [-0.25, -0.2) is 4.52 Å². The summed E-state index contributed by atoms with van der Waals surface area (Å²) in [5, 5.41) is 16.6. The van der Waals surface area contributed by atoms with Crippen LogP contribution >= 0.6 is 0 Å². The highest BCUT2D eigenvalue weighted by atomic mass is 15.5. The summed E-state index contributed by atoms with van der Waals surface area (Å²) in [7, 11) is 0. The SMILES string of the molecule is CC(C)c1c(-c2ccn3nnnc3c2)[nH]c2ccc(C3CCNCC3)cc12. The van der Waals surface area contributed by atoms with Crippen LogP contribution in [0.2, 0.25) is 0 Å². The smallest absolute Gasteiger partial charge is 0.179 e. The summed E-state index contributed by atoms with van der Waals surface area (Å²) >= 11 is 0. The first-order chi connectivity index (χ1) is 13.2. The number of benzene rings is 1. The standard InChI is InChI=1S/C21H24N6/c1-13(2)20-17-11-15(14-5-8-22-9-6-14)3-4-18(17)23-21(20)16-7-10-27-19(12-16)24-25-26-27/h3-4,7,10-14,22-23H,5-6,8-9H2,1-2H3. The van der Waals surface area contributed by atoms with E-state index < -0.39 is 0 Å². The van der Waals surface area contributed by atoms with Crippen molar-refractivity contribution >= 4 is 16.6 Å². The highest BCUT2D eigenvalue weighted by Gasteiger charge is 2.20. The Morgan fingerprint density at radius 3 is 2.78 bits per heavy atom. The lowest BCUT2D eigenvalue weighted by atomic mass is 9.88. The summed E-state index contributed by atoms with van der Waals surface area (Å²) in [5.41, 5.74) is 7.10. The number of piperidine rings is 1. The number of hydrogen-bond donors (Lipinski definition) is 2. The molecule has 0 spiro atoms. The van der Waals surface area contributed by atoms with Crippen molar-refractivity contribution in [3.05, 3.63) is 47.7 Å². The van der Waals surface area contributed by atoms with Gasteiger partial charge in [-0.15, -0.1) is 5.10 Å². The van der Waals surface area contributed by atoms with Crippen molar-refractivity contribution in [2.45, 2.75) is 38.5 Å². The van der Waals surface area contributed by atoms with Gasteiger partial charge in [-0.2, -0.15) is 0 Å². The Labute approximate surface area is 158 Å². The molecule has 5 rings (SSSR count). The molecule has 6 nitrogen and oxygen atoms in total. The third kappa shape index (κ3) is 2.80. The molecule has 2 N–H and O–H groups in total. The molecule has 0 saturated carbocycles. The fraction of sp³-hybridized carbons (Fsp3) is 0.381. The number of aromatic amines is 1. The van der Waals surface area contributed by atoms with Crippen molar-refractivity contribution < 1.29 is 0 Å². The van der Waals surface area contributed by atoms with E-state index >= 15 is 0 Å². The minimum absolute atomic E-state index is 0.421. The average molecular weight is 360 g/mol. The molecular weight excluding hydrogens is 336 g/mol. The summed E-state index contributed by atoms with van der Waals surface area (Å²) in [4.78, 5) is 3.66. The topological polar surface area (TPSA) is 70.9 Å². The van der Waals surface area contributed by atoms with Gasteiger partial charge in [0.15, 0.2) is 5.65 Å². The van der Waals surface area contributed by atoms with Gasteiger partial charge in [-0.05, 0) is 83.6 Å². The first-order valence-electron chi connectivity index (χ1n) is 9.75. The van der Waals surface area contributed by atoms with Gasteiger partial charge in [-0.3, -0.25) is 0 Å². The van der Waals surface area contributed by atoms with Crippen molar-refractivity contribution in [3.8, 4) is 11.3 Å². The minimum atomic E-state index is 0.421. The molecule has 0 atom stereocenters. The Hall–Kier alpha value is -2.73. The molecule has 3 aromatic heterocycles. The first kappa shape index (κ1) is 16.4. The van der Waals surface area contributed by atoms with Crippen LogP contribution in [0.15, 0.2) is 36.5 Å². The maximum Gasteiger partial charge on any atom is 0.179 e. The minimum Gasteiger partial charge on any atom is -0.354 e. The number of fused-ring (bicyclic) bond motifs is 2. The van der Waals surface area contributed by atoms with Crippen LogP contribution in [0, 0.1) is 0 Å². The van der Waals surface area contributed by atoms with Gasteiger partial charge < -0.3 is 10.3 Å². The van der Waals surface area contributed by atoms with Crippen molar-refractivity contribution in [1.29, 1.82) is 0 Å². The Bertz CT molecular complexity index is 1100. The lowest BCUT2D eigenvalue weighted by Crippen LogP contribution is -2.26. The second kappa shape index (κ2) is 6.46. The highest BCUT2D eigenvalue weighted by molar-refractivity contribution is 5.92. The summed E-state index contributed by atoms with van der Waals surface area (Å²) in [6.45, 7) is 6.76. The second-order valence-corrected chi connectivity index (χ2v) is 7.79. The Morgan fingerprint density at radius 2 is 1.96 bits per heavy atom. The fourth-order valence-corrected chi connectivity index (χ4v) is 4.36. The molecule has 1 saturated heterocycles. The Morgan fingerprint density at radius 1 is 1.11 bits per heavy atom. The van der Waals surface area contributed by atoms with Gasteiger partial charge >= 0.3 is 0 Å². The third-order valence-corrected chi connectivity index (χ3v) is 5.74. The molecule has 1 aliphatic rings. The third-order valence-electron chi connectivity index (χ3n) is 5.74. The zero-order chi connectivity index (χ0) is 18.4. The lowest BCUT2D eigenvalue weighted by Gasteiger charge is -2.23. The van der Waals surface area contributed by atoms with E-state index in [4.69, 9.17) is 0 Å². The summed E-state index contributed by atoms with van der Waals surface area (Å²) < 4.78 is 1.69. The zero-order valence-electron chi connectivity index (χ0n) is 15.7. The fourth-order valence-electron chi connectivity index (χ4n) is 4.36. The highest BCUT2D eigenvalue weighted by Crippen LogP contribution is 2.37. The van der Waals surface area contributed by atoms with Gasteiger partial charge in [-0.1, -0.05) is 19.9 Å². The van der Waals surface area contributed by atoms with Gasteiger partial charge in [0, 0.05) is 22.7 Å². The largest absolute Gasteiger partial charge is 0.354 e. The molecule has 0 unspecified atom stereocenters. The number of pyridine rings is 1. The van der Waals surface area contributed by atoms with Crippen LogP contribution in [0.5, 0.6) is 0 Å². The van der Waals surface area contributed by atoms with Crippen LogP contribution in [-0.4, -0.2) is 38.1 Å². The van der Waals surface area contributed by atoms with Gasteiger partial charge in [0.2, 0.25) is 0 Å².